The number of benzene rings is 1. The molecule has 2 heterocycles. The van der Waals surface area contributed by atoms with Crippen molar-refractivity contribution in [1.82, 2.24) is 14.8 Å². The molecule has 0 aliphatic rings. The van der Waals surface area contributed by atoms with Gasteiger partial charge in [0, 0.05) is 22.2 Å². The molecule has 0 aliphatic carbocycles. The van der Waals surface area contributed by atoms with Crippen LogP contribution in [0.2, 0.25) is 0 Å². The van der Waals surface area contributed by atoms with Crippen LogP contribution in [0.15, 0.2) is 24.3 Å². The van der Waals surface area contributed by atoms with Gasteiger partial charge in [-0.3, -0.25) is 0 Å². The molecule has 1 aromatic carbocycles. The van der Waals surface area contributed by atoms with E-state index >= 15 is 0 Å². The van der Waals surface area contributed by atoms with E-state index in [1.807, 2.05) is 26.0 Å². The lowest BCUT2D eigenvalue weighted by atomic mass is 10.1. The third-order valence-electron chi connectivity index (χ3n) is 4.76. The highest BCUT2D eigenvalue weighted by atomic mass is 16.5. The van der Waals surface area contributed by atoms with Crippen molar-refractivity contribution in [3.05, 3.63) is 52.6 Å². The molecule has 0 bridgehead atoms. The Bertz CT molecular complexity index is 818. The van der Waals surface area contributed by atoms with E-state index < -0.39 is 0 Å². The smallest absolute Gasteiger partial charge is 0.118 e. The van der Waals surface area contributed by atoms with Crippen LogP contribution in [0.4, 0.5) is 0 Å². The van der Waals surface area contributed by atoms with E-state index in [1.165, 1.54) is 27.7 Å². The Morgan fingerprint density at radius 2 is 1.35 bits per heavy atom. The SMILES string of the molecule is COc1ccc([C@@H](C)n2c(C)c3c(C)nnc(C)c3c2C)cc1. The summed E-state index contributed by atoms with van der Waals surface area (Å²) in [5.41, 5.74) is 5.74. The molecule has 0 aliphatic heterocycles. The Balaban J connectivity index is 2.19. The monoisotopic (exact) mass is 309 g/mol. The second-order valence-electron chi connectivity index (χ2n) is 6.11. The molecule has 1 atom stereocenters. The van der Waals surface area contributed by atoms with E-state index in [4.69, 9.17) is 4.74 Å². The number of nitrogens with zero attached hydrogens (tertiary/aromatic N) is 3. The van der Waals surface area contributed by atoms with E-state index in [1.54, 1.807) is 7.11 Å². The fourth-order valence-corrected chi connectivity index (χ4v) is 3.60. The number of fused-ring (bicyclic) bond motifs is 1. The average molecular weight is 309 g/mol. The van der Waals surface area contributed by atoms with Gasteiger partial charge < -0.3 is 9.30 Å². The van der Waals surface area contributed by atoms with Crippen LogP contribution in [0.1, 0.15) is 41.3 Å². The quantitative estimate of drug-likeness (QED) is 0.725. The van der Waals surface area contributed by atoms with Crippen LogP contribution in [0.5, 0.6) is 5.75 Å². The third-order valence-corrected chi connectivity index (χ3v) is 4.76. The minimum Gasteiger partial charge on any atom is -0.497 e. The second-order valence-corrected chi connectivity index (χ2v) is 6.11. The molecule has 3 rings (SSSR count). The molecule has 0 fully saturated rings. The summed E-state index contributed by atoms with van der Waals surface area (Å²) in [5.74, 6) is 0.882. The van der Waals surface area contributed by atoms with Gasteiger partial charge in [0.2, 0.25) is 0 Å². The lowest BCUT2D eigenvalue weighted by Crippen LogP contribution is -2.10. The number of aryl methyl sites for hydroxylation is 4. The second kappa shape index (κ2) is 5.69. The zero-order valence-corrected chi connectivity index (χ0v) is 14.6. The van der Waals surface area contributed by atoms with Crippen LogP contribution in [-0.2, 0) is 0 Å². The summed E-state index contributed by atoms with van der Waals surface area (Å²) in [6.07, 6.45) is 0. The van der Waals surface area contributed by atoms with Gasteiger partial charge in [0.25, 0.3) is 0 Å². The van der Waals surface area contributed by atoms with Gasteiger partial charge in [-0.15, -0.1) is 0 Å². The van der Waals surface area contributed by atoms with Gasteiger partial charge in [-0.05, 0) is 52.3 Å². The first-order valence-corrected chi connectivity index (χ1v) is 7.90. The summed E-state index contributed by atoms with van der Waals surface area (Å²) in [7, 11) is 1.69. The van der Waals surface area contributed by atoms with E-state index in [2.05, 4.69) is 47.7 Å². The highest BCUT2D eigenvalue weighted by Gasteiger charge is 2.20. The molecule has 0 saturated carbocycles. The van der Waals surface area contributed by atoms with E-state index in [-0.39, 0.29) is 6.04 Å². The molecule has 4 heteroatoms. The Labute approximate surface area is 137 Å². The third kappa shape index (κ3) is 2.38. The molecule has 0 N–H and O–H groups in total. The summed E-state index contributed by atoms with van der Waals surface area (Å²) >= 11 is 0. The van der Waals surface area contributed by atoms with Gasteiger partial charge in [-0.1, -0.05) is 12.1 Å². The normalized spacial score (nSPS) is 12.6. The number of rotatable bonds is 3. The van der Waals surface area contributed by atoms with Gasteiger partial charge in [-0.25, -0.2) is 0 Å². The van der Waals surface area contributed by atoms with Crippen LogP contribution in [0.25, 0.3) is 10.8 Å². The van der Waals surface area contributed by atoms with Crippen LogP contribution in [0.3, 0.4) is 0 Å². The van der Waals surface area contributed by atoms with Crippen molar-refractivity contribution in [2.45, 2.75) is 40.7 Å². The summed E-state index contributed by atoms with van der Waals surface area (Å²) < 4.78 is 7.64. The topological polar surface area (TPSA) is 39.9 Å². The van der Waals surface area contributed by atoms with E-state index in [9.17, 15) is 0 Å². The van der Waals surface area contributed by atoms with Crippen molar-refractivity contribution in [1.29, 1.82) is 0 Å². The first-order chi connectivity index (χ1) is 11.0. The lowest BCUT2D eigenvalue weighted by molar-refractivity contribution is 0.414. The molecule has 0 saturated heterocycles. The molecule has 2 aromatic heterocycles. The minimum absolute atomic E-state index is 0.243. The van der Waals surface area contributed by atoms with Crippen molar-refractivity contribution in [3.8, 4) is 5.75 Å². The molecule has 0 amide bonds. The van der Waals surface area contributed by atoms with Gasteiger partial charge >= 0.3 is 0 Å². The summed E-state index contributed by atoms with van der Waals surface area (Å²) in [6.45, 7) is 10.6. The molecule has 4 nitrogen and oxygen atoms in total. The average Bonchev–Trinajstić information content (AvgIpc) is 2.83. The maximum Gasteiger partial charge on any atom is 0.118 e. The number of hydrogen-bond acceptors (Lipinski definition) is 3. The summed E-state index contributed by atoms with van der Waals surface area (Å²) in [6, 6.07) is 8.53. The molecule has 23 heavy (non-hydrogen) atoms. The van der Waals surface area contributed by atoms with Crippen LogP contribution in [0, 0.1) is 27.7 Å². The lowest BCUT2D eigenvalue weighted by Gasteiger charge is -2.19. The van der Waals surface area contributed by atoms with Gasteiger partial charge in [-0.2, -0.15) is 10.2 Å². The fourth-order valence-electron chi connectivity index (χ4n) is 3.60. The van der Waals surface area contributed by atoms with Gasteiger partial charge in [0.05, 0.1) is 24.5 Å². The zero-order valence-electron chi connectivity index (χ0n) is 14.6. The molecule has 0 unspecified atom stereocenters. The van der Waals surface area contributed by atoms with Gasteiger partial charge in [0.15, 0.2) is 0 Å². The van der Waals surface area contributed by atoms with Crippen molar-refractivity contribution in [3.63, 3.8) is 0 Å². The molecular weight excluding hydrogens is 286 g/mol. The number of methoxy groups -OCH3 is 1. The van der Waals surface area contributed by atoms with Crippen LogP contribution >= 0.6 is 0 Å². The first kappa shape index (κ1) is 15.5. The Morgan fingerprint density at radius 3 is 1.78 bits per heavy atom. The molecule has 0 radical (unpaired) electrons. The zero-order chi connectivity index (χ0) is 16.7. The summed E-state index contributed by atoms with van der Waals surface area (Å²) in [4.78, 5) is 0. The Morgan fingerprint density at radius 1 is 0.870 bits per heavy atom. The van der Waals surface area contributed by atoms with Crippen LogP contribution in [-0.4, -0.2) is 21.9 Å². The number of ether oxygens (including phenoxy) is 1. The Hall–Kier alpha value is -2.36. The van der Waals surface area contributed by atoms with Gasteiger partial charge in [0.1, 0.15) is 5.75 Å². The number of hydrogen-bond donors (Lipinski definition) is 0. The molecule has 0 spiro atoms. The van der Waals surface area contributed by atoms with Crippen molar-refractivity contribution in [2.24, 2.45) is 0 Å². The molecule has 3 aromatic rings. The minimum atomic E-state index is 0.243. The molecular formula is C19H23N3O. The highest BCUT2D eigenvalue weighted by molar-refractivity contribution is 5.91. The fraction of sp³-hybridized carbons (Fsp3) is 0.368. The first-order valence-electron chi connectivity index (χ1n) is 7.90. The number of aromatic nitrogens is 3. The highest BCUT2D eigenvalue weighted by Crippen LogP contribution is 2.33. The van der Waals surface area contributed by atoms with Crippen molar-refractivity contribution >= 4 is 10.8 Å². The Kier molecular flexibility index (Phi) is 3.84. The summed E-state index contributed by atoms with van der Waals surface area (Å²) in [5, 5.41) is 11.1. The van der Waals surface area contributed by atoms with Crippen molar-refractivity contribution in [2.75, 3.05) is 7.11 Å². The maximum atomic E-state index is 5.26. The van der Waals surface area contributed by atoms with E-state index in [0.29, 0.717) is 0 Å². The standard InChI is InChI=1S/C19H23N3O/c1-11-18-14(4)22(15(5)19(18)12(2)21-20-11)13(3)16-7-9-17(23-6)10-8-16/h7-10,13H,1-6H3/t13-/m1/s1. The maximum absolute atomic E-state index is 5.26. The van der Waals surface area contributed by atoms with Crippen molar-refractivity contribution < 1.29 is 4.74 Å². The van der Waals surface area contributed by atoms with E-state index in [0.717, 1.165) is 17.1 Å². The predicted molar refractivity (Wildman–Crippen MR) is 93.3 cm³/mol. The largest absolute Gasteiger partial charge is 0.497 e. The van der Waals surface area contributed by atoms with Crippen LogP contribution < -0.4 is 4.74 Å². The predicted octanol–water partition coefficient (Wildman–Crippen LogP) is 4.28. The molecule has 120 valence electrons.